The van der Waals surface area contributed by atoms with Crippen molar-refractivity contribution in [3.8, 4) is 0 Å². The zero-order chi connectivity index (χ0) is 17.9. The molecule has 0 aliphatic heterocycles. The normalized spacial score (nSPS) is 11.3. The first-order valence-electron chi connectivity index (χ1n) is 7.92. The number of pyridine rings is 2. The Morgan fingerprint density at radius 2 is 1.88 bits per heavy atom. The molecule has 2 aromatic heterocycles. The number of amides is 2. The Labute approximate surface area is 146 Å². The predicted molar refractivity (Wildman–Crippen MR) is 98.7 cm³/mol. The average Bonchev–Trinajstić information content (AvgIpc) is 2.62. The molecule has 0 bridgehead atoms. The molecule has 0 saturated carbocycles. The van der Waals surface area contributed by atoms with Crippen molar-refractivity contribution in [3.05, 3.63) is 60.6 Å². The van der Waals surface area contributed by atoms with Crippen LogP contribution in [0.25, 0.3) is 10.9 Å². The summed E-state index contributed by atoms with van der Waals surface area (Å²) in [5, 5.41) is 6.56. The van der Waals surface area contributed by atoms with Gasteiger partial charge in [0.05, 0.1) is 34.9 Å². The Balaban J connectivity index is 1.98. The monoisotopic (exact) mass is 336 g/mol. The molecule has 0 radical (unpaired) electrons. The molecule has 128 valence electrons. The van der Waals surface area contributed by atoms with E-state index in [4.69, 9.17) is 4.74 Å². The third-order valence-corrected chi connectivity index (χ3v) is 4.06. The van der Waals surface area contributed by atoms with Gasteiger partial charge in [-0.25, -0.2) is 4.79 Å². The summed E-state index contributed by atoms with van der Waals surface area (Å²) in [6, 6.07) is 10.9. The van der Waals surface area contributed by atoms with Gasteiger partial charge >= 0.3 is 6.03 Å². The van der Waals surface area contributed by atoms with E-state index in [1.165, 1.54) is 0 Å². The van der Waals surface area contributed by atoms with Crippen molar-refractivity contribution < 1.29 is 9.53 Å². The first-order valence-corrected chi connectivity index (χ1v) is 7.92. The number of rotatable bonds is 4. The van der Waals surface area contributed by atoms with Crippen LogP contribution in [0.2, 0.25) is 0 Å². The highest BCUT2D eigenvalue weighted by molar-refractivity contribution is 6.02. The van der Waals surface area contributed by atoms with Gasteiger partial charge in [0.2, 0.25) is 0 Å². The van der Waals surface area contributed by atoms with Gasteiger partial charge in [-0.15, -0.1) is 0 Å². The Morgan fingerprint density at radius 3 is 2.60 bits per heavy atom. The number of para-hydroxylation sites is 1. The van der Waals surface area contributed by atoms with Crippen LogP contribution >= 0.6 is 0 Å². The lowest BCUT2D eigenvalue weighted by Crippen LogP contribution is -2.26. The molecule has 1 aromatic carbocycles. The second kappa shape index (κ2) is 6.86. The number of hydrogen-bond donors (Lipinski definition) is 2. The van der Waals surface area contributed by atoms with E-state index < -0.39 is 5.60 Å². The highest BCUT2D eigenvalue weighted by atomic mass is 16.5. The molecule has 25 heavy (non-hydrogen) atoms. The number of ether oxygens (including phenoxy) is 1. The Morgan fingerprint density at radius 1 is 1.08 bits per heavy atom. The number of aromatic nitrogens is 2. The van der Waals surface area contributed by atoms with Crippen LogP contribution in [0.4, 0.5) is 16.2 Å². The van der Waals surface area contributed by atoms with E-state index in [1.807, 2.05) is 38.1 Å². The number of hydrogen-bond acceptors (Lipinski definition) is 4. The summed E-state index contributed by atoms with van der Waals surface area (Å²) in [4.78, 5) is 20.8. The number of fused-ring (bicyclic) bond motifs is 1. The van der Waals surface area contributed by atoms with Crippen LogP contribution in [0.1, 0.15) is 19.4 Å². The van der Waals surface area contributed by atoms with Crippen LogP contribution in [-0.2, 0) is 10.3 Å². The van der Waals surface area contributed by atoms with Gasteiger partial charge in [-0.2, -0.15) is 0 Å². The highest BCUT2D eigenvalue weighted by Crippen LogP contribution is 2.35. The minimum atomic E-state index is -0.598. The van der Waals surface area contributed by atoms with Crippen molar-refractivity contribution in [1.82, 2.24) is 9.97 Å². The Hall–Kier alpha value is -2.99. The first-order chi connectivity index (χ1) is 12.0. The summed E-state index contributed by atoms with van der Waals surface area (Å²) in [5.74, 6) is 0. The maximum atomic E-state index is 12.4. The number of carbonyl (C=O) groups is 1. The van der Waals surface area contributed by atoms with Gasteiger partial charge in [0.25, 0.3) is 0 Å². The van der Waals surface area contributed by atoms with Crippen LogP contribution < -0.4 is 10.6 Å². The summed E-state index contributed by atoms with van der Waals surface area (Å²) < 4.78 is 5.66. The van der Waals surface area contributed by atoms with Gasteiger partial charge in [-0.3, -0.25) is 9.97 Å². The second-order valence-electron chi connectivity index (χ2n) is 6.10. The van der Waals surface area contributed by atoms with Gasteiger partial charge in [0.15, 0.2) is 0 Å². The second-order valence-corrected chi connectivity index (χ2v) is 6.10. The lowest BCUT2D eigenvalue weighted by atomic mass is 9.92. The maximum Gasteiger partial charge on any atom is 0.323 e. The standard InChI is InChI=1S/C19H20N4O2/c1-19(2,25-3)17-14-8-4-5-9-15(14)21-12-16(17)23-18(24)22-13-7-6-10-20-11-13/h4-12H,1-3H3,(H2,22,23,24). The van der Waals surface area contributed by atoms with Gasteiger partial charge in [-0.1, -0.05) is 18.2 Å². The molecule has 0 saturated heterocycles. The maximum absolute atomic E-state index is 12.4. The highest BCUT2D eigenvalue weighted by Gasteiger charge is 2.27. The van der Waals surface area contributed by atoms with Crippen molar-refractivity contribution in [2.75, 3.05) is 17.7 Å². The van der Waals surface area contributed by atoms with Crippen molar-refractivity contribution in [1.29, 1.82) is 0 Å². The molecule has 0 unspecified atom stereocenters. The van der Waals surface area contributed by atoms with Crippen molar-refractivity contribution >= 4 is 28.3 Å². The van der Waals surface area contributed by atoms with Gasteiger partial charge < -0.3 is 15.4 Å². The number of anilines is 2. The summed E-state index contributed by atoms with van der Waals surface area (Å²) in [6.45, 7) is 3.91. The number of urea groups is 1. The largest absolute Gasteiger partial charge is 0.374 e. The molecule has 2 amide bonds. The van der Waals surface area contributed by atoms with Crippen LogP contribution in [-0.4, -0.2) is 23.1 Å². The molecule has 0 aliphatic rings. The molecule has 0 aliphatic carbocycles. The third-order valence-electron chi connectivity index (χ3n) is 4.06. The minimum absolute atomic E-state index is 0.363. The Bertz CT molecular complexity index is 894. The number of nitrogens with zero attached hydrogens (tertiary/aromatic N) is 2. The van der Waals surface area contributed by atoms with Crippen LogP contribution in [0.15, 0.2) is 55.0 Å². The summed E-state index contributed by atoms with van der Waals surface area (Å²) in [7, 11) is 1.65. The van der Waals surface area contributed by atoms with E-state index in [-0.39, 0.29) is 6.03 Å². The van der Waals surface area contributed by atoms with E-state index in [0.717, 1.165) is 16.5 Å². The Kier molecular flexibility index (Phi) is 4.63. The number of benzene rings is 1. The van der Waals surface area contributed by atoms with Crippen LogP contribution in [0.5, 0.6) is 0 Å². The molecule has 3 rings (SSSR count). The predicted octanol–water partition coefficient (Wildman–Crippen LogP) is 4.16. The lowest BCUT2D eigenvalue weighted by Gasteiger charge is -2.27. The zero-order valence-corrected chi connectivity index (χ0v) is 14.4. The van der Waals surface area contributed by atoms with Gasteiger partial charge in [0, 0.05) is 24.3 Å². The summed E-state index contributed by atoms with van der Waals surface area (Å²) in [6.07, 6.45) is 4.88. The van der Waals surface area contributed by atoms with Crippen molar-refractivity contribution in [3.63, 3.8) is 0 Å². The average molecular weight is 336 g/mol. The summed E-state index contributed by atoms with van der Waals surface area (Å²) >= 11 is 0. The molecule has 0 fully saturated rings. The SMILES string of the molecule is COC(C)(C)c1c(NC(=O)Nc2cccnc2)cnc2ccccc12. The topological polar surface area (TPSA) is 76.1 Å². The van der Waals surface area contributed by atoms with E-state index in [1.54, 1.807) is 37.8 Å². The molecule has 0 atom stereocenters. The van der Waals surface area contributed by atoms with E-state index in [2.05, 4.69) is 20.6 Å². The van der Waals surface area contributed by atoms with Crippen LogP contribution in [0, 0.1) is 0 Å². The number of methoxy groups -OCH3 is 1. The fourth-order valence-electron chi connectivity index (χ4n) is 2.71. The van der Waals surface area contributed by atoms with Gasteiger partial charge in [0.1, 0.15) is 0 Å². The first kappa shape index (κ1) is 16.9. The fraction of sp³-hybridized carbons (Fsp3) is 0.211. The molecular weight excluding hydrogens is 316 g/mol. The minimum Gasteiger partial charge on any atom is -0.374 e. The molecule has 3 aromatic rings. The van der Waals surface area contributed by atoms with Crippen molar-refractivity contribution in [2.45, 2.75) is 19.4 Å². The number of nitrogens with one attached hydrogen (secondary N) is 2. The molecule has 2 N–H and O–H groups in total. The lowest BCUT2D eigenvalue weighted by molar-refractivity contribution is 0.0210. The molecule has 6 nitrogen and oxygen atoms in total. The molecule has 6 heteroatoms. The number of carbonyl (C=O) groups excluding carboxylic acids is 1. The molecular formula is C19H20N4O2. The molecule has 0 spiro atoms. The zero-order valence-electron chi connectivity index (χ0n) is 14.4. The van der Waals surface area contributed by atoms with E-state index in [0.29, 0.717) is 11.4 Å². The fourth-order valence-corrected chi connectivity index (χ4v) is 2.71. The van der Waals surface area contributed by atoms with Gasteiger partial charge in [-0.05, 0) is 32.0 Å². The third kappa shape index (κ3) is 3.59. The van der Waals surface area contributed by atoms with Crippen LogP contribution in [0.3, 0.4) is 0 Å². The van der Waals surface area contributed by atoms with Crippen molar-refractivity contribution in [2.24, 2.45) is 0 Å². The molecule has 2 heterocycles. The smallest absolute Gasteiger partial charge is 0.323 e. The van der Waals surface area contributed by atoms with E-state index in [9.17, 15) is 4.79 Å². The van der Waals surface area contributed by atoms with E-state index >= 15 is 0 Å². The summed E-state index contributed by atoms with van der Waals surface area (Å²) in [5.41, 5.74) is 2.34. The quantitative estimate of drug-likeness (QED) is 0.750.